The molecular weight excluding hydrogens is 146 g/mol. The monoisotopic (exact) mass is 153 g/mol. The highest BCUT2D eigenvalue weighted by Crippen LogP contribution is 2.07. The van der Waals surface area contributed by atoms with Gasteiger partial charge in [0.2, 0.25) is 11.6 Å². The van der Waals surface area contributed by atoms with Crippen LogP contribution < -0.4 is 5.73 Å². The van der Waals surface area contributed by atoms with Gasteiger partial charge < -0.3 is 10.5 Å². The Morgan fingerprint density at radius 3 is 2.45 bits per heavy atom. The lowest BCUT2D eigenvalue weighted by Crippen LogP contribution is -2.18. The minimum atomic E-state index is -0.388. The van der Waals surface area contributed by atoms with Crippen LogP contribution in [0.25, 0.3) is 0 Å². The van der Waals surface area contributed by atoms with Gasteiger partial charge >= 0.3 is 0 Å². The van der Waals surface area contributed by atoms with E-state index in [0.717, 1.165) is 12.2 Å². The van der Waals surface area contributed by atoms with Crippen molar-refractivity contribution < 1.29 is 14.3 Å². The molecule has 0 fully saturated rings. The first-order valence-electron chi connectivity index (χ1n) is 2.96. The molecule has 58 valence electrons. The van der Waals surface area contributed by atoms with Gasteiger partial charge in [-0.05, 0) is 0 Å². The molecule has 11 heavy (non-hydrogen) atoms. The van der Waals surface area contributed by atoms with Crippen molar-refractivity contribution in [1.29, 1.82) is 0 Å². The van der Waals surface area contributed by atoms with E-state index in [9.17, 15) is 9.59 Å². The fraction of sp³-hybridized carbons (Fsp3) is 0.143. The van der Waals surface area contributed by atoms with Crippen molar-refractivity contribution in [1.82, 2.24) is 0 Å². The van der Waals surface area contributed by atoms with Gasteiger partial charge in [-0.3, -0.25) is 9.59 Å². The third-order valence-electron chi connectivity index (χ3n) is 1.30. The molecule has 0 saturated heterocycles. The van der Waals surface area contributed by atoms with E-state index in [0.29, 0.717) is 0 Å². The Morgan fingerprint density at radius 2 is 1.91 bits per heavy atom. The maximum atomic E-state index is 10.9. The van der Waals surface area contributed by atoms with Gasteiger partial charge in [0.25, 0.3) is 0 Å². The zero-order valence-electron chi connectivity index (χ0n) is 5.96. The number of ether oxygens (including phenoxy) is 1. The third-order valence-corrected chi connectivity index (χ3v) is 1.30. The lowest BCUT2D eigenvalue weighted by molar-refractivity contribution is -0.117. The van der Waals surface area contributed by atoms with Gasteiger partial charge in [-0.15, -0.1) is 0 Å². The summed E-state index contributed by atoms with van der Waals surface area (Å²) in [6, 6.07) is 0. The van der Waals surface area contributed by atoms with Crippen LogP contribution in [0.1, 0.15) is 0 Å². The Balaban J connectivity index is 2.98. The average molecular weight is 153 g/mol. The molecule has 4 nitrogen and oxygen atoms in total. The van der Waals surface area contributed by atoms with Crippen molar-refractivity contribution in [2.45, 2.75) is 0 Å². The number of nitrogens with two attached hydrogens (primary N) is 1. The van der Waals surface area contributed by atoms with Crippen LogP contribution >= 0.6 is 0 Å². The van der Waals surface area contributed by atoms with Crippen molar-refractivity contribution in [3.8, 4) is 0 Å². The molecule has 0 spiro atoms. The number of allylic oxidation sites excluding steroid dienone is 2. The van der Waals surface area contributed by atoms with Crippen LogP contribution in [0.15, 0.2) is 23.6 Å². The first-order chi connectivity index (χ1) is 5.15. The van der Waals surface area contributed by atoms with Crippen molar-refractivity contribution in [2.75, 3.05) is 7.11 Å². The summed E-state index contributed by atoms with van der Waals surface area (Å²) in [5, 5.41) is 0. The molecule has 0 aromatic heterocycles. The van der Waals surface area contributed by atoms with E-state index in [-0.39, 0.29) is 23.0 Å². The first-order valence-corrected chi connectivity index (χ1v) is 2.96. The summed E-state index contributed by atoms with van der Waals surface area (Å²) in [7, 11) is 1.33. The summed E-state index contributed by atoms with van der Waals surface area (Å²) in [5.74, 6) is -0.727. The third kappa shape index (κ3) is 1.29. The largest absolute Gasteiger partial charge is 0.493 e. The summed E-state index contributed by atoms with van der Waals surface area (Å²) in [6.07, 6.45) is 2.14. The van der Waals surface area contributed by atoms with Gasteiger partial charge in [-0.1, -0.05) is 0 Å². The zero-order valence-corrected chi connectivity index (χ0v) is 5.96. The molecule has 0 aromatic rings. The Bertz CT molecular complexity index is 275. The maximum absolute atomic E-state index is 10.9. The smallest absolute Gasteiger partial charge is 0.222 e. The number of carbonyl (C=O) groups is 2. The van der Waals surface area contributed by atoms with Crippen LogP contribution in [0.3, 0.4) is 0 Å². The summed E-state index contributed by atoms with van der Waals surface area (Å²) < 4.78 is 4.61. The molecule has 0 saturated carbocycles. The van der Waals surface area contributed by atoms with Gasteiger partial charge in [-0.2, -0.15) is 0 Å². The molecule has 1 rings (SSSR count). The topological polar surface area (TPSA) is 69.4 Å². The molecule has 1 aliphatic rings. The molecular formula is C7H7NO3. The molecule has 2 N–H and O–H groups in total. The van der Waals surface area contributed by atoms with Crippen molar-refractivity contribution >= 4 is 11.6 Å². The van der Waals surface area contributed by atoms with Crippen molar-refractivity contribution in [2.24, 2.45) is 5.73 Å². The molecule has 0 heterocycles. The Hall–Kier alpha value is -1.58. The van der Waals surface area contributed by atoms with Crippen molar-refractivity contribution in [3.05, 3.63) is 23.6 Å². The summed E-state index contributed by atoms with van der Waals surface area (Å²) in [5.41, 5.74) is 5.13. The van der Waals surface area contributed by atoms with E-state index in [4.69, 9.17) is 5.73 Å². The van der Waals surface area contributed by atoms with Gasteiger partial charge in [-0.25, -0.2) is 0 Å². The number of carbonyl (C=O) groups excluding carboxylic acids is 2. The number of hydrogen-bond acceptors (Lipinski definition) is 4. The quantitative estimate of drug-likeness (QED) is 0.516. The number of methoxy groups -OCH3 is 1. The van der Waals surface area contributed by atoms with E-state index in [1.54, 1.807) is 0 Å². The minimum absolute atomic E-state index is 0.0317. The number of hydrogen-bond donors (Lipinski definition) is 1. The van der Waals surface area contributed by atoms with Crippen LogP contribution in [-0.4, -0.2) is 18.7 Å². The number of rotatable bonds is 1. The van der Waals surface area contributed by atoms with E-state index in [1.165, 1.54) is 7.11 Å². The summed E-state index contributed by atoms with van der Waals surface area (Å²) in [6.45, 7) is 0. The normalized spacial score (nSPS) is 17.5. The second-order valence-corrected chi connectivity index (χ2v) is 2.04. The van der Waals surface area contributed by atoms with Crippen LogP contribution in [0.4, 0.5) is 0 Å². The molecule has 0 amide bonds. The Kier molecular flexibility index (Phi) is 1.76. The SMILES string of the molecule is COC1=CC(=O)C(N)=CC1=O. The van der Waals surface area contributed by atoms with E-state index in [1.807, 2.05) is 0 Å². The minimum Gasteiger partial charge on any atom is -0.493 e. The number of ketones is 2. The first kappa shape index (κ1) is 7.53. The zero-order chi connectivity index (χ0) is 8.43. The van der Waals surface area contributed by atoms with E-state index < -0.39 is 0 Å². The molecule has 4 heteroatoms. The van der Waals surface area contributed by atoms with Gasteiger partial charge in [0.15, 0.2) is 5.76 Å². The Morgan fingerprint density at radius 1 is 1.27 bits per heavy atom. The standard InChI is InChI=1S/C7H7NO3/c1-11-7-3-5(9)4(8)2-6(7)10/h2-3H,8H2,1H3. The second-order valence-electron chi connectivity index (χ2n) is 2.04. The fourth-order valence-corrected chi connectivity index (χ4v) is 0.717. The van der Waals surface area contributed by atoms with Crippen LogP contribution in [0.5, 0.6) is 0 Å². The van der Waals surface area contributed by atoms with Gasteiger partial charge in [0.05, 0.1) is 12.8 Å². The van der Waals surface area contributed by atoms with E-state index >= 15 is 0 Å². The fourth-order valence-electron chi connectivity index (χ4n) is 0.717. The predicted molar refractivity (Wildman–Crippen MR) is 37.4 cm³/mol. The molecule has 0 unspecified atom stereocenters. The second kappa shape index (κ2) is 2.57. The maximum Gasteiger partial charge on any atom is 0.222 e. The highest BCUT2D eigenvalue weighted by Gasteiger charge is 2.17. The summed E-state index contributed by atoms with van der Waals surface area (Å²) >= 11 is 0. The molecule has 0 radical (unpaired) electrons. The predicted octanol–water partition coefficient (Wildman–Crippen LogP) is -0.489. The van der Waals surface area contributed by atoms with Crippen molar-refractivity contribution in [3.63, 3.8) is 0 Å². The Labute approximate surface area is 63.3 Å². The van der Waals surface area contributed by atoms with Gasteiger partial charge in [0.1, 0.15) is 0 Å². The highest BCUT2D eigenvalue weighted by atomic mass is 16.5. The van der Waals surface area contributed by atoms with Crippen LogP contribution in [0, 0.1) is 0 Å². The molecule has 0 aliphatic heterocycles. The lowest BCUT2D eigenvalue weighted by atomic mass is 10.1. The van der Waals surface area contributed by atoms with Crippen LogP contribution in [-0.2, 0) is 14.3 Å². The lowest BCUT2D eigenvalue weighted by Gasteiger charge is -2.06. The highest BCUT2D eigenvalue weighted by molar-refractivity contribution is 6.18. The van der Waals surface area contributed by atoms with Gasteiger partial charge in [0, 0.05) is 12.2 Å². The van der Waals surface area contributed by atoms with E-state index in [2.05, 4.69) is 4.74 Å². The summed E-state index contributed by atoms with van der Waals surface area (Å²) in [4.78, 5) is 21.7. The molecule has 0 aromatic carbocycles. The molecule has 0 bridgehead atoms. The molecule has 1 aliphatic carbocycles. The van der Waals surface area contributed by atoms with Crippen LogP contribution in [0.2, 0.25) is 0 Å². The average Bonchev–Trinajstić information content (AvgIpc) is 1.97. The molecule has 0 atom stereocenters.